The highest BCUT2D eigenvalue weighted by molar-refractivity contribution is 5.85. The first kappa shape index (κ1) is 19.6. The molecule has 8 heteroatoms. The number of nitrogens with two attached hydrogens (primary N) is 1. The Kier molecular flexibility index (Phi) is 6.90. The van der Waals surface area contributed by atoms with Gasteiger partial charge in [0.2, 0.25) is 0 Å². The number of rotatable bonds is 5. The summed E-state index contributed by atoms with van der Waals surface area (Å²) in [5.41, 5.74) is 10.7. The first-order chi connectivity index (χ1) is 11.2. The molecule has 2 unspecified atom stereocenters. The molecule has 2 atom stereocenters. The summed E-state index contributed by atoms with van der Waals surface area (Å²) in [4.78, 5) is 22.9. The van der Waals surface area contributed by atoms with Gasteiger partial charge in [-0.1, -0.05) is 11.6 Å². The fourth-order valence-corrected chi connectivity index (χ4v) is 2.23. The van der Waals surface area contributed by atoms with Crippen LogP contribution in [-0.4, -0.2) is 56.1 Å². The van der Waals surface area contributed by atoms with E-state index in [0.717, 1.165) is 6.42 Å². The molecule has 0 radical (unpaired) electrons. The molecule has 24 heavy (non-hydrogen) atoms. The average molecular weight is 338 g/mol. The number of benzene rings is 1. The van der Waals surface area contributed by atoms with Crippen LogP contribution in [0.1, 0.15) is 16.8 Å². The number of aliphatic hydroxyl groups is 2. The van der Waals surface area contributed by atoms with Crippen LogP contribution in [0.4, 0.5) is 0 Å². The minimum Gasteiger partial charge on any atom is -0.479 e. The number of aryl methyl sites for hydroxylation is 2. The maximum atomic E-state index is 9.77. The minimum absolute atomic E-state index is 0.710. The largest absolute Gasteiger partial charge is 0.479 e. The number of fused-ring (bicyclic) bond motifs is 1. The average Bonchev–Trinajstić information content (AvgIpc) is 2.82. The molecule has 0 bridgehead atoms. The number of nitrogens with one attached hydrogen (secondary N) is 1. The van der Waals surface area contributed by atoms with Gasteiger partial charge in [0.25, 0.3) is 0 Å². The SMILES string of the molecule is Cc1ccc2[nH]c(C)c(CCN)c2c1.O=C(O)C(O)C(O)C(=O)O. The lowest BCUT2D eigenvalue weighted by Crippen LogP contribution is -2.39. The first-order valence-corrected chi connectivity index (χ1v) is 7.28. The van der Waals surface area contributed by atoms with Crippen molar-refractivity contribution in [2.45, 2.75) is 32.5 Å². The fraction of sp³-hybridized carbons (Fsp3) is 0.375. The predicted octanol–water partition coefficient (Wildman–Crippen LogP) is 0.163. The molecule has 0 saturated carbocycles. The van der Waals surface area contributed by atoms with Crippen molar-refractivity contribution < 1.29 is 30.0 Å². The number of carboxylic acid groups (broad SMARTS) is 2. The summed E-state index contributed by atoms with van der Waals surface area (Å²) in [5.74, 6) is -3.54. The Morgan fingerprint density at radius 2 is 1.67 bits per heavy atom. The lowest BCUT2D eigenvalue weighted by Gasteiger charge is -2.07. The molecule has 1 aromatic carbocycles. The van der Waals surface area contributed by atoms with Crippen molar-refractivity contribution in [3.8, 4) is 0 Å². The zero-order chi connectivity index (χ0) is 18.4. The van der Waals surface area contributed by atoms with E-state index in [1.165, 1.54) is 27.7 Å². The molecule has 0 spiro atoms. The first-order valence-electron chi connectivity index (χ1n) is 7.28. The van der Waals surface area contributed by atoms with Gasteiger partial charge in [0.05, 0.1) is 0 Å². The summed E-state index contributed by atoms with van der Waals surface area (Å²) in [5, 5.41) is 33.9. The number of aromatic nitrogens is 1. The molecule has 2 aromatic rings. The van der Waals surface area contributed by atoms with Crippen molar-refractivity contribution in [1.82, 2.24) is 4.98 Å². The molecule has 0 aliphatic carbocycles. The molecular weight excluding hydrogens is 316 g/mol. The van der Waals surface area contributed by atoms with Crippen molar-refractivity contribution in [1.29, 1.82) is 0 Å². The molecular formula is C16H22N2O6. The maximum absolute atomic E-state index is 9.77. The third kappa shape index (κ3) is 4.79. The summed E-state index contributed by atoms with van der Waals surface area (Å²) in [6.07, 6.45) is -3.58. The summed E-state index contributed by atoms with van der Waals surface area (Å²) in [6, 6.07) is 6.49. The lowest BCUT2D eigenvalue weighted by atomic mass is 10.1. The molecule has 2 rings (SSSR count). The van der Waals surface area contributed by atoms with Crippen LogP contribution < -0.4 is 5.73 Å². The van der Waals surface area contributed by atoms with E-state index in [1.807, 2.05) is 0 Å². The molecule has 0 aliphatic rings. The van der Waals surface area contributed by atoms with Crippen molar-refractivity contribution in [3.63, 3.8) is 0 Å². The third-order valence-electron chi connectivity index (χ3n) is 3.47. The number of hydrogen-bond donors (Lipinski definition) is 6. The van der Waals surface area contributed by atoms with Gasteiger partial charge < -0.3 is 31.1 Å². The molecule has 8 nitrogen and oxygen atoms in total. The highest BCUT2D eigenvalue weighted by Gasteiger charge is 2.29. The van der Waals surface area contributed by atoms with Gasteiger partial charge in [-0.3, -0.25) is 0 Å². The Labute approximate surface area is 138 Å². The molecule has 1 aromatic heterocycles. The van der Waals surface area contributed by atoms with Crippen LogP contribution in [0, 0.1) is 13.8 Å². The van der Waals surface area contributed by atoms with Gasteiger partial charge in [-0.25, -0.2) is 9.59 Å². The highest BCUT2D eigenvalue weighted by Crippen LogP contribution is 2.23. The second-order valence-corrected chi connectivity index (χ2v) is 5.38. The zero-order valence-corrected chi connectivity index (χ0v) is 13.5. The molecule has 0 aliphatic heterocycles. The summed E-state index contributed by atoms with van der Waals surface area (Å²) < 4.78 is 0. The second-order valence-electron chi connectivity index (χ2n) is 5.38. The van der Waals surface area contributed by atoms with Gasteiger partial charge in [-0.15, -0.1) is 0 Å². The van der Waals surface area contributed by atoms with Crippen molar-refractivity contribution >= 4 is 22.8 Å². The number of aromatic amines is 1. The van der Waals surface area contributed by atoms with E-state index in [9.17, 15) is 9.59 Å². The van der Waals surface area contributed by atoms with Crippen LogP contribution in [0.3, 0.4) is 0 Å². The third-order valence-corrected chi connectivity index (χ3v) is 3.47. The van der Waals surface area contributed by atoms with Crippen molar-refractivity contribution in [2.75, 3.05) is 6.54 Å². The van der Waals surface area contributed by atoms with Crippen LogP contribution >= 0.6 is 0 Å². The van der Waals surface area contributed by atoms with Crippen LogP contribution in [0.5, 0.6) is 0 Å². The highest BCUT2D eigenvalue weighted by atomic mass is 16.4. The van der Waals surface area contributed by atoms with E-state index in [1.54, 1.807) is 0 Å². The van der Waals surface area contributed by atoms with Gasteiger partial charge >= 0.3 is 11.9 Å². The smallest absolute Gasteiger partial charge is 0.335 e. The van der Waals surface area contributed by atoms with E-state index in [4.69, 9.17) is 26.2 Å². The van der Waals surface area contributed by atoms with Crippen LogP contribution in [0.2, 0.25) is 0 Å². The number of aliphatic hydroxyl groups excluding tert-OH is 2. The zero-order valence-electron chi connectivity index (χ0n) is 13.5. The molecule has 1 heterocycles. The van der Waals surface area contributed by atoms with Gasteiger partial charge in [-0.05, 0) is 44.5 Å². The Balaban J connectivity index is 0.000000257. The number of carbonyl (C=O) groups is 2. The number of carboxylic acids is 2. The van der Waals surface area contributed by atoms with E-state index < -0.39 is 24.1 Å². The Hall–Kier alpha value is -2.42. The minimum atomic E-state index is -2.27. The fourth-order valence-electron chi connectivity index (χ4n) is 2.23. The lowest BCUT2D eigenvalue weighted by molar-refractivity contribution is -0.165. The Bertz CT molecular complexity index is 707. The molecule has 132 valence electrons. The number of H-pyrrole nitrogens is 1. The summed E-state index contributed by atoms with van der Waals surface area (Å²) in [7, 11) is 0. The molecule has 0 fully saturated rings. The van der Waals surface area contributed by atoms with Crippen molar-refractivity contribution in [2.24, 2.45) is 5.73 Å². The Morgan fingerprint density at radius 1 is 1.12 bits per heavy atom. The summed E-state index contributed by atoms with van der Waals surface area (Å²) in [6.45, 7) is 4.94. The number of aliphatic carboxylic acids is 2. The van der Waals surface area contributed by atoms with E-state index in [0.29, 0.717) is 6.54 Å². The monoisotopic (exact) mass is 338 g/mol. The quantitative estimate of drug-likeness (QED) is 0.453. The Morgan fingerprint density at radius 3 is 2.12 bits per heavy atom. The predicted molar refractivity (Wildman–Crippen MR) is 87.8 cm³/mol. The van der Waals surface area contributed by atoms with E-state index in [2.05, 4.69) is 37.0 Å². The normalized spacial score (nSPS) is 13.0. The van der Waals surface area contributed by atoms with Crippen LogP contribution in [0.15, 0.2) is 18.2 Å². The number of hydrogen-bond acceptors (Lipinski definition) is 5. The topological polar surface area (TPSA) is 157 Å². The standard InChI is InChI=1S/C12H16N2.C4H6O6/c1-8-3-4-12-11(7-8)10(5-6-13)9(2)14-12;5-1(3(7)8)2(6)4(9)10/h3-4,7,14H,5-6,13H2,1-2H3;1-2,5-6H,(H,7,8)(H,9,10). The van der Waals surface area contributed by atoms with Gasteiger partial charge in [-0.2, -0.15) is 0 Å². The van der Waals surface area contributed by atoms with Crippen LogP contribution in [0.25, 0.3) is 10.9 Å². The van der Waals surface area contributed by atoms with E-state index >= 15 is 0 Å². The second kappa shape index (κ2) is 8.44. The van der Waals surface area contributed by atoms with Crippen LogP contribution in [-0.2, 0) is 16.0 Å². The van der Waals surface area contributed by atoms with Crippen molar-refractivity contribution in [3.05, 3.63) is 35.0 Å². The van der Waals surface area contributed by atoms with Gasteiger partial charge in [0.1, 0.15) is 0 Å². The summed E-state index contributed by atoms with van der Waals surface area (Å²) >= 11 is 0. The van der Waals surface area contributed by atoms with E-state index in [-0.39, 0.29) is 0 Å². The van der Waals surface area contributed by atoms with Gasteiger partial charge in [0, 0.05) is 16.6 Å². The molecule has 7 N–H and O–H groups in total. The molecule has 0 amide bonds. The molecule has 0 saturated heterocycles. The maximum Gasteiger partial charge on any atom is 0.335 e. The van der Waals surface area contributed by atoms with Gasteiger partial charge in [0.15, 0.2) is 12.2 Å².